The van der Waals surface area contributed by atoms with Crippen LogP contribution in [-0.4, -0.2) is 293 Å². The van der Waals surface area contributed by atoms with E-state index in [1.165, 1.54) is 78.6 Å². The quantitative estimate of drug-likeness (QED) is 0.194. The number of morpholine rings is 1. The molecule has 4 saturated heterocycles. The average molecular weight is 1590 g/mol. The number of benzene rings is 1. The van der Waals surface area contributed by atoms with Crippen LogP contribution in [0.1, 0.15) is 187 Å². The van der Waals surface area contributed by atoms with E-state index in [0.29, 0.717) is 44.9 Å². The second-order valence-electron chi connectivity index (χ2n) is 32.5. The van der Waals surface area contributed by atoms with Crippen LogP contribution in [0, 0.1) is 23.7 Å². The van der Waals surface area contributed by atoms with Crippen molar-refractivity contribution < 1.29 is 89.0 Å². The van der Waals surface area contributed by atoms with Gasteiger partial charge in [-0.3, -0.25) is 62.3 Å². The molecule has 3 aliphatic carbocycles. The van der Waals surface area contributed by atoms with Gasteiger partial charge in [0.1, 0.15) is 59.9 Å². The molecule has 1 spiro atoms. The van der Waals surface area contributed by atoms with Gasteiger partial charge >= 0.3 is 6.18 Å². The van der Waals surface area contributed by atoms with Crippen LogP contribution in [0.25, 0.3) is 0 Å². The zero-order valence-electron chi connectivity index (χ0n) is 66.6. The number of likely N-dealkylation sites (N-methyl/N-ethyl adjacent to an activating group) is 7. The van der Waals surface area contributed by atoms with Gasteiger partial charge < -0.3 is 69.7 Å². The minimum absolute atomic E-state index is 0.0280. The van der Waals surface area contributed by atoms with E-state index in [-0.39, 0.29) is 88.8 Å². The van der Waals surface area contributed by atoms with Crippen LogP contribution < -0.4 is 16.0 Å². The summed E-state index contributed by atoms with van der Waals surface area (Å²) in [4.78, 5) is 210. The Balaban J connectivity index is 1.23. The number of ether oxygens (including phenoxy) is 1. The number of alkyl halides is 5. The number of nitrogens with zero attached hydrogens (tertiary/aromatic N) is 10. The number of carbonyl (C=O) groups is 13. The zero-order chi connectivity index (χ0) is 81.9. The Hall–Kier alpha value is -7.77. The van der Waals surface area contributed by atoms with Crippen molar-refractivity contribution >= 4 is 88.4 Å². The highest BCUT2D eigenvalue weighted by molar-refractivity contribution is 6.31. The maximum absolute atomic E-state index is 16.0. The van der Waals surface area contributed by atoms with Gasteiger partial charge in [-0.25, -0.2) is 8.78 Å². The SMILES string of the molecule is CC[C@H](C)[C@@H]1NC(=O)[C@H](CC(C)C)N(C)C(=O)C[C@@H](C(=O)N2CCOCC2)N(C)C(=O)[C@H](C2CCCC2)N(C)C(=O)C2(CCCC2)NC(=O)[C@H](CC(=O)N2CCC(F)(F)CC2)N(C)C(=O)[C@H](CCc2ccc(C(F)(F)F)c(Cl)c2)NC(=O)CN(C)C(=O)[C@H](CC2CCCCC2)N(C)C(=O)C2CCN2C(=O)[C@H](C)N(C)C1=O. The Morgan fingerprint density at radius 3 is 1.83 bits per heavy atom. The van der Waals surface area contributed by atoms with Crippen LogP contribution in [0.4, 0.5) is 22.0 Å². The minimum Gasteiger partial charge on any atom is -0.378 e. The van der Waals surface area contributed by atoms with E-state index >= 15 is 38.4 Å². The summed E-state index contributed by atoms with van der Waals surface area (Å²) in [5.74, 6) is -14.5. The molecule has 1 unspecified atom stereocenters. The summed E-state index contributed by atoms with van der Waals surface area (Å²) in [6, 6.07) is -9.60. The highest BCUT2D eigenvalue weighted by Crippen LogP contribution is 2.39. The third kappa shape index (κ3) is 21.6. The molecule has 4 heterocycles. The first-order valence-electron chi connectivity index (χ1n) is 39.7. The molecule has 620 valence electrons. The number of amides is 13. The molecule has 3 saturated carbocycles. The number of nitrogens with one attached hydrogen (secondary N) is 3. The fourth-order valence-electron chi connectivity index (χ4n) is 16.9. The summed E-state index contributed by atoms with van der Waals surface area (Å²) in [5.41, 5.74) is -2.83. The molecule has 0 bridgehead atoms. The predicted molar refractivity (Wildman–Crippen MR) is 400 cm³/mol. The first kappa shape index (κ1) is 88.8. The largest absolute Gasteiger partial charge is 0.417 e. The number of rotatable bonds is 13. The van der Waals surface area contributed by atoms with Crippen molar-refractivity contribution in [3.8, 4) is 0 Å². The summed E-state index contributed by atoms with van der Waals surface area (Å²) in [6.07, 6.45) is -0.768. The minimum atomic E-state index is -4.84. The lowest BCUT2D eigenvalue weighted by atomic mass is 9.84. The summed E-state index contributed by atoms with van der Waals surface area (Å²) < 4.78 is 77.2. The van der Waals surface area contributed by atoms with E-state index in [1.807, 2.05) is 20.8 Å². The molecule has 10 atom stereocenters. The molecule has 3 N–H and O–H groups in total. The molecule has 0 radical (unpaired) electrons. The van der Waals surface area contributed by atoms with Gasteiger partial charge in [0, 0.05) is 94.9 Å². The lowest BCUT2D eigenvalue weighted by Gasteiger charge is -2.45. The van der Waals surface area contributed by atoms with Crippen LogP contribution >= 0.6 is 11.6 Å². The van der Waals surface area contributed by atoms with Crippen LogP contribution in [0.3, 0.4) is 0 Å². The summed E-state index contributed by atoms with van der Waals surface area (Å²) in [7, 11) is 9.47. The highest BCUT2D eigenvalue weighted by atomic mass is 35.5. The third-order valence-electron chi connectivity index (χ3n) is 24.5. The van der Waals surface area contributed by atoms with Crippen molar-refractivity contribution in [2.45, 2.75) is 254 Å². The van der Waals surface area contributed by atoms with Gasteiger partial charge in [-0.1, -0.05) is 110 Å². The monoisotopic (exact) mass is 1590 g/mol. The first-order chi connectivity index (χ1) is 52.2. The van der Waals surface area contributed by atoms with Crippen molar-refractivity contribution in [2.24, 2.45) is 23.7 Å². The van der Waals surface area contributed by atoms with Gasteiger partial charge in [0.15, 0.2) is 0 Å². The second-order valence-corrected chi connectivity index (χ2v) is 33.0. The Morgan fingerprint density at radius 2 is 1.25 bits per heavy atom. The van der Waals surface area contributed by atoms with E-state index < -0.39 is 223 Å². The Kier molecular flexibility index (Phi) is 30.7. The molecule has 33 heteroatoms. The zero-order valence-corrected chi connectivity index (χ0v) is 67.4. The van der Waals surface area contributed by atoms with Gasteiger partial charge in [-0.05, 0) is 106 Å². The van der Waals surface area contributed by atoms with Crippen molar-refractivity contribution in [1.82, 2.24) is 64.9 Å². The van der Waals surface area contributed by atoms with Crippen LogP contribution in [0.15, 0.2) is 18.2 Å². The molecule has 111 heavy (non-hydrogen) atoms. The first-order valence-corrected chi connectivity index (χ1v) is 40.0. The number of fused-ring (bicyclic) bond motifs is 1. The van der Waals surface area contributed by atoms with Crippen molar-refractivity contribution in [3.63, 3.8) is 0 Å². The summed E-state index contributed by atoms with van der Waals surface area (Å²) in [5, 5.41) is 7.83. The number of halogens is 6. The highest BCUT2D eigenvalue weighted by Gasteiger charge is 2.53. The predicted octanol–water partition coefficient (Wildman–Crippen LogP) is 5.89. The number of aryl methyl sites for hydroxylation is 1. The standard InChI is InChI=1S/C78H117ClF5N13O14/c1-13-48(4)64-73(108)89(7)49(5)68(103)97-34-29-56(97)71(106)92(10)59(43-50-21-15-14-16-22-50)70(105)88(6)46-61(98)85-55(28-26-51-25-27-53(54(79)42-51)78(82,83)84)69(104)91(9)58(44-63(100)95-35-32-77(80,81)33-36-95)67(102)87-76(30-19-20-31-76)75(110)94(12)65(52-23-17-18-24-52)74(109)93(11)60(72(107)96-37-39-111-40-38-96)45-62(99)90(8)57(41-47(2)3)66(101)86-64/h25,27,42,47-50,52,55-60,64-65H,13-24,26,28-41,43-46H2,1-12H3,(H,85,98)(H,86,101)(H,87,102)/t48-,49-,55-,56?,57-,58-,59-,60-,64-,65-/m0/s1. The number of piperidine rings is 1. The van der Waals surface area contributed by atoms with Crippen molar-refractivity contribution in [3.05, 3.63) is 34.3 Å². The Morgan fingerprint density at radius 1 is 0.640 bits per heavy atom. The van der Waals surface area contributed by atoms with Crippen molar-refractivity contribution in [1.29, 1.82) is 0 Å². The van der Waals surface area contributed by atoms with E-state index in [4.69, 9.17) is 16.3 Å². The summed E-state index contributed by atoms with van der Waals surface area (Å²) >= 11 is 6.19. The van der Waals surface area contributed by atoms with E-state index in [2.05, 4.69) is 16.0 Å². The lowest BCUT2D eigenvalue weighted by molar-refractivity contribution is -0.160. The lowest BCUT2D eigenvalue weighted by Crippen LogP contribution is -2.66. The molecular weight excluding hydrogens is 1470 g/mol. The fraction of sp³-hybridized carbons (Fsp3) is 0.756. The maximum atomic E-state index is 16.0. The van der Waals surface area contributed by atoms with Gasteiger partial charge in [0.2, 0.25) is 76.8 Å². The second kappa shape index (κ2) is 38.4. The molecule has 1 aromatic carbocycles. The Labute approximate surface area is 653 Å². The molecule has 1 aromatic rings. The molecular formula is C78H117ClF5N13O14. The van der Waals surface area contributed by atoms with Gasteiger partial charge in [-0.2, -0.15) is 13.2 Å². The molecule has 7 aliphatic rings. The Bertz CT molecular complexity index is 3540. The number of hydrogen-bond acceptors (Lipinski definition) is 14. The molecule has 8 rings (SSSR count). The van der Waals surface area contributed by atoms with Gasteiger partial charge in [-0.15, -0.1) is 0 Å². The van der Waals surface area contributed by atoms with Crippen LogP contribution in [0.2, 0.25) is 5.02 Å². The van der Waals surface area contributed by atoms with Gasteiger partial charge in [0.25, 0.3) is 5.92 Å². The van der Waals surface area contributed by atoms with Crippen LogP contribution in [-0.2, 0) is 79.7 Å². The van der Waals surface area contributed by atoms with E-state index in [0.717, 1.165) is 77.0 Å². The van der Waals surface area contributed by atoms with E-state index in [9.17, 15) is 45.9 Å². The van der Waals surface area contributed by atoms with Crippen molar-refractivity contribution in [2.75, 3.05) is 102 Å². The topological polar surface area (TPSA) is 300 Å². The van der Waals surface area contributed by atoms with Crippen LogP contribution in [0.5, 0.6) is 0 Å². The third-order valence-corrected chi connectivity index (χ3v) is 24.8. The molecule has 4 aliphatic heterocycles. The number of carbonyl (C=O) groups excluding carboxylic acids is 13. The maximum Gasteiger partial charge on any atom is 0.417 e. The fourth-order valence-corrected chi connectivity index (χ4v) is 17.2. The summed E-state index contributed by atoms with van der Waals surface area (Å²) in [6.45, 7) is 7.69. The molecule has 27 nitrogen and oxygen atoms in total. The van der Waals surface area contributed by atoms with E-state index in [1.54, 1.807) is 6.92 Å². The smallest absolute Gasteiger partial charge is 0.378 e. The number of likely N-dealkylation sites (tertiary alicyclic amines) is 1. The molecule has 0 aromatic heterocycles. The molecule has 7 fully saturated rings. The van der Waals surface area contributed by atoms with Gasteiger partial charge in [0.05, 0.1) is 43.2 Å². The average Bonchev–Trinajstić information content (AvgIpc) is 1.76. The molecule has 13 amide bonds. The normalized spacial score (nSPS) is 27.9. The number of hydrogen-bond donors (Lipinski definition) is 3.